The highest BCUT2D eigenvalue weighted by molar-refractivity contribution is 5.41. The number of nitrogens with zero attached hydrogens (tertiary/aromatic N) is 1. The predicted octanol–water partition coefficient (Wildman–Crippen LogP) is 0.359. The molecule has 0 saturated carbocycles. The molecule has 1 rings (SSSR count). The largest absolute Gasteiger partial charge is 0.397 e. The molecule has 0 unspecified atom stereocenters. The highest BCUT2D eigenvalue weighted by Crippen LogP contribution is 2.05. The summed E-state index contributed by atoms with van der Waals surface area (Å²) in [6.07, 6.45) is 0. The van der Waals surface area contributed by atoms with Crippen molar-refractivity contribution in [3.63, 3.8) is 0 Å². The smallest absolute Gasteiger partial charge is 0.252 e. The Balaban J connectivity index is 2.68. The van der Waals surface area contributed by atoms with Crippen LogP contribution in [0.5, 0.6) is 0 Å². The lowest BCUT2D eigenvalue weighted by atomic mass is 10.3. The summed E-state index contributed by atoms with van der Waals surface area (Å²) in [6, 6.07) is 3.03. The van der Waals surface area contributed by atoms with E-state index in [0.717, 1.165) is 5.69 Å². The summed E-state index contributed by atoms with van der Waals surface area (Å²) in [7, 11) is 1.60. The first-order chi connectivity index (χ1) is 7.16. The monoisotopic (exact) mass is 212 g/mol. The van der Waals surface area contributed by atoms with Gasteiger partial charge in [-0.3, -0.25) is 9.36 Å². The molecule has 0 radical (unpaired) electrons. The number of hydrogen-bond acceptors (Lipinski definition) is 4. The molecule has 0 aromatic carbocycles. The first kappa shape index (κ1) is 11.7. The summed E-state index contributed by atoms with van der Waals surface area (Å²) in [4.78, 5) is 11.5. The molecule has 0 aliphatic carbocycles. The molecule has 5 heteroatoms. The Morgan fingerprint density at radius 2 is 2.13 bits per heavy atom. The van der Waals surface area contributed by atoms with E-state index in [4.69, 9.17) is 15.2 Å². The lowest BCUT2D eigenvalue weighted by Gasteiger charge is -2.11. The van der Waals surface area contributed by atoms with Crippen molar-refractivity contribution in [1.82, 2.24) is 4.57 Å². The van der Waals surface area contributed by atoms with Crippen LogP contribution >= 0.6 is 0 Å². The molecule has 0 bridgehead atoms. The maximum absolute atomic E-state index is 11.5. The summed E-state index contributed by atoms with van der Waals surface area (Å²) >= 11 is 0. The minimum absolute atomic E-state index is 0.112. The van der Waals surface area contributed by atoms with Crippen LogP contribution in [0.4, 0.5) is 5.69 Å². The maximum atomic E-state index is 11.5. The fraction of sp³-hybridized carbons (Fsp3) is 0.500. The fourth-order valence-electron chi connectivity index (χ4n) is 1.15. The number of methoxy groups -OCH3 is 1. The van der Waals surface area contributed by atoms with Crippen molar-refractivity contribution in [3.05, 3.63) is 28.2 Å². The van der Waals surface area contributed by atoms with E-state index in [1.807, 2.05) is 0 Å². The van der Waals surface area contributed by atoms with Gasteiger partial charge in [0.15, 0.2) is 0 Å². The summed E-state index contributed by atoms with van der Waals surface area (Å²) in [5.41, 5.74) is 6.88. The van der Waals surface area contributed by atoms with Crippen molar-refractivity contribution in [2.45, 2.75) is 13.7 Å². The highest BCUT2D eigenvalue weighted by atomic mass is 16.5. The Kier molecular flexibility index (Phi) is 4.33. The van der Waals surface area contributed by atoms with Crippen LogP contribution in [0.25, 0.3) is 0 Å². The maximum Gasteiger partial charge on any atom is 0.252 e. The third-order valence-corrected chi connectivity index (χ3v) is 2.15. The molecule has 0 aliphatic rings. The lowest BCUT2D eigenvalue weighted by Crippen LogP contribution is -2.24. The van der Waals surface area contributed by atoms with Crippen LogP contribution in [-0.2, 0) is 16.2 Å². The molecule has 1 aromatic heterocycles. The molecule has 0 saturated heterocycles. The van der Waals surface area contributed by atoms with Gasteiger partial charge in [-0.1, -0.05) is 0 Å². The molecule has 1 heterocycles. The number of rotatable bonds is 5. The van der Waals surface area contributed by atoms with E-state index in [-0.39, 0.29) is 12.3 Å². The molecule has 0 fully saturated rings. The number of ether oxygens (including phenoxy) is 2. The Labute approximate surface area is 88.4 Å². The van der Waals surface area contributed by atoms with Gasteiger partial charge in [-0.05, 0) is 13.0 Å². The first-order valence-corrected chi connectivity index (χ1v) is 4.69. The van der Waals surface area contributed by atoms with E-state index < -0.39 is 0 Å². The van der Waals surface area contributed by atoms with E-state index in [1.165, 1.54) is 10.6 Å². The number of nitrogen functional groups attached to an aromatic ring is 1. The normalized spacial score (nSPS) is 10.5. The van der Waals surface area contributed by atoms with Crippen molar-refractivity contribution in [2.24, 2.45) is 0 Å². The van der Waals surface area contributed by atoms with E-state index in [1.54, 1.807) is 20.1 Å². The molecule has 1 aromatic rings. The average Bonchev–Trinajstić information content (AvgIpc) is 2.23. The second-order valence-electron chi connectivity index (χ2n) is 3.17. The Morgan fingerprint density at radius 3 is 2.80 bits per heavy atom. The van der Waals surface area contributed by atoms with Gasteiger partial charge in [0.2, 0.25) is 0 Å². The highest BCUT2D eigenvalue weighted by Gasteiger charge is 2.02. The summed E-state index contributed by atoms with van der Waals surface area (Å²) in [6.45, 7) is 2.96. The third-order valence-electron chi connectivity index (χ3n) is 2.15. The van der Waals surface area contributed by atoms with E-state index in [9.17, 15) is 4.79 Å². The molecule has 0 atom stereocenters. The zero-order chi connectivity index (χ0) is 11.3. The van der Waals surface area contributed by atoms with Gasteiger partial charge in [0.1, 0.15) is 6.73 Å². The van der Waals surface area contributed by atoms with Crippen molar-refractivity contribution in [1.29, 1.82) is 0 Å². The molecule has 5 nitrogen and oxygen atoms in total. The lowest BCUT2D eigenvalue weighted by molar-refractivity contribution is 0.0319. The van der Waals surface area contributed by atoms with Crippen LogP contribution < -0.4 is 11.3 Å². The van der Waals surface area contributed by atoms with Gasteiger partial charge >= 0.3 is 0 Å². The third kappa shape index (κ3) is 3.07. The topological polar surface area (TPSA) is 66.5 Å². The molecule has 0 amide bonds. The van der Waals surface area contributed by atoms with Crippen LogP contribution in [0.3, 0.4) is 0 Å². The molecular formula is C10H16N2O3. The molecule has 0 aliphatic heterocycles. The predicted molar refractivity (Wildman–Crippen MR) is 57.7 cm³/mol. The van der Waals surface area contributed by atoms with Gasteiger partial charge in [-0.25, -0.2) is 0 Å². The van der Waals surface area contributed by atoms with E-state index >= 15 is 0 Å². The second-order valence-corrected chi connectivity index (χ2v) is 3.17. The van der Waals surface area contributed by atoms with Gasteiger partial charge in [0.05, 0.1) is 18.9 Å². The average molecular weight is 212 g/mol. The zero-order valence-electron chi connectivity index (χ0n) is 9.03. The van der Waals surface area contributed by atoms with Crippen LogP contribution in [0.2, 0.25) is 0 Å². The number of nitrogens with two attached hydrogens (primary N) is 1. The standard InChI is InChI=1S/C10H16N2O3/c1-8-9(11)3-4-10(13)12(8)7-15-6-5-14-2/h3-4H,5-7,11H2,1-2H3. The van der Waals surface area contributed by atoms with Crippen molar-refractivity contribution >= 4 is 5.69 Å². The SMILES string of the molecule is COCCOCn1c(C)c(N)ccc1=O. The minimum Gasteiger partial charge on any atom is -0.397 e. The zero-order valence-corrected chi connectivity index (χ0v) is 9.03. The minimum atomic E-state index is -0.112. The molecular weight excluding hydrogens is 196 g/mol. The van der Waals surface area contributed by atoms with E-state index in [0.29, 0.717) is 18.9 Å². The van der Waals surface area contributed by atoms with Gasteiger partial charge in [0.25, 0.3) is 5.56 Å². The number of anilines is 1. The first-order valence-electron chi connectivity index (χ1n) is 4.69. The molecule has 15 heavy (non-hydrogen) atoms. The Bertz CT molecular complexity index is 373. The molecule has 84 valence electrons. The van der Waals surface area contributed by atoms with Gasteiger partial charge in [0, 0.05) is 18.9 Å². The van der Waals surface area contributed by atoms with Crippen LogP contribution in [0, 0.1) is 6.92 Å². The van der Waals surface area contributed by atoms with Crippen molar-refractivity contribution < 1.29 is 9.47 Å². The number of pyridine rings is 1. The van der Waals surface area contributed by atoms with Crippen LogP contribution in [0.15, 0.2) is 16.9 Å². The summed E-state index contributed by atoms with van der Waals surface area (Å²) in [5.74, 6) is 0. The van der Waals surface area contributed by atoms with Crippen LogP contribution in [0.1, 0.15) is 5.69 Å². The summed E-state index contributed by atoms with van der Waals surface area (Å²) in [5, 5.41) is 0. The number of aromatic nitrogens is 1. The Morgan fingerprint density at radius 1 is 1.40 bits per heavy atom. The molecule has 2 N–H and O–H groups in total. The molecule has 0 spiro atoms. The van der Waals surface area contributed by atoms with Gasteiger partial charge in [-0.2, -0.15) is 0 Å². The number of hydrogen-bond donors (Lipinski definition) is 1. The van der Waals surface area contributed by atoms with Gasteiger partial charge < -0.3 is 15.2 Å². The quantitative estimate of drug-likeness (QED) is 0.716. The summed E-state index contributed by atoms with van der Waals surface area (Å²) < 4.78 is 11.6. The Hall–Kier alpha value is -1.33. The second kappa shape index (κ2) is 5.53. The fourth-order valence-corrected chi connectivity index (χ4v) is 1.15. The van der Waals surface area contributed by atoms with Gasteiger partial charge in [-0.15, -0.1) is 0 Å². The van der Waals surface area contributed by atoms with Crippen molar-refractivity contribution in [3.8, 4) is 0 Å². The van der Waals surface area contributed by atoms with Crippen LogP contribution in [-0.4, -0.2) is 24.9 Å². The van der Waals surface area contributed by atoms with E-state index in [2.05, 4.69) is 0 Å². The van der Waals surface area contributed by atoms with Crippen molar-refractivity contribution in [2.75, 3.05) is 26.1 Å².